The standard InChI is InChI=1S/C30H29N5O4.C26H24BrN3O4.C22H21N5O3.2CH4/c1-19-6-5-7-22-14-27(39-28(19)22)26-17-38-33-29(35(26)16-21-8-10-23(36-3)11-9-21)24-12-13-25(30(32-24)37-4)34-15-20(2)31-18-34;1-16-5-4-6-18-13-23(34-24(16)18)22-15-33-29-25(21-12-11-20(27)26(28-21)32-3)30(22)14-17-7-9-19(31-2)10-8-17;1-13-5-4-6-15-9-19(30-20(13)15)17-11-29-26-21(24-17)16-7-8-18(22(25-16)28-3)27-10-14(2)23-12-27;;/h5-15,18,26H,16-17H2,1-4H3;4-13,22H,14-15H2,1-3H3;4-10,12,17H,11H2,1-3H3,(H,24,26);2*1H4. The second-order valence-electron chi connectivity index (χ2n) is 24.7. The van der Waals surface area contributed by atoms with Gasteiger partial charge in [0.1, 0.15) is 112 Å². The maximum atomic E-state index is 6.40. The Labute approximate surface area is 616 Å². The highest BCUT2D eigenvalue weighted by Gasteiger charge is 2.36. The summed E-state index contributed by atoms with van der Waals surface area (Å²) in [5, 5.41) is 12.1. The Hall–Kier alpha value is -12.0. The number of pyridine rings is 3. The Bertz CT molecular complexity index is 5290. The minimum atomic E-state index is -0.267. The van der Waals surface area contributed by atoms with E-state index in [2.05, 4.69) is 98.7 Å². The Morgan fingerprint density at radius 3 is 1.31 bits per heavy atom. The summed E-state index contributed by atoms with van der Waals surface area (Å²) in [4.78, 5) is 48.9. The molecule has 3 aliphatic rings. The van der Waals surface area contributed by atoms with Crippen molar-refractivity contribution >= 4 is 66.3 Å². The van der Waals surface area contributed by atoms with E-state index < -0.39 is 0 Å². The molecule has 0 saturated carbocycles. The number of benzene rings is 5. The Kier molecular flexibility index (Phi) is 22.3. The fraction of sp³-hybridized carbons (Fsp3) is 0.250. The van der Waals surface area contributed by atoms with Crippen LogP contribution in [0.2, 0.25) is 0 Å². The van der Waals surface area contributed by atoms with Crippen molar-refractivity contribution < 1.29 is 51.4 Å². The molecule has 11 heterocycles. The average Bonchev–Trinajstić information content (AvgIpc) is 1.75. The number of oxime groups is 2. The molecule has 8 aromatic heterocycles. The summed E-state index contributed by atoms with van der Waals surface area (Å²) >= 11 is 3.47. The molecule has 0 spiro atoms. The van der Waals surface area contributed by atoms with Gasteiger partial charge >= 0.3 is 0 Å². The summed E-state index contributed by atoms with van der Waals surface area (Å²) in [6, 6.07) is 51.3. The molecule has 0 aliphatic carbocycles. The fourth-order valence-electron chi connectivity index (χ4n) is 12.5. The van der Waals surface area contributed by atoms with E-state index in [0.717, 1.165) is 117 Å². The van der Waals surface area contributed by atoms with E-state index in [0.29, 0.717) is 85.1 Å². The third-order valence-electron chi connectivity index (χ3n) is 17.8. The molecule has 540 valence electrons. The van der Waals surface area contributed by atoms with Crippen molar-refractivity contribution in [3.8, 4) is 40.5 Å². The summed E-state index contributed by atoms with van der Waals surface area (Å²) in [7, 11) is 8.10. The first-order valence-corrected chi connectivity index (χ1v) is 34.0. The number of halogens is 1. The first-order valence-electron chi connectivity index (χ1n) is 33.2. The Balaban J connectivity index is 0.000000148. The van der Waals surface area contributed by atoms with E-state index in [1.165, 1.54) is 0 Å². The van der Waals surface area contributed by atoms with Gasteiger partial charge in [-0.2, -0.15) is 0 Å². The van der Waals surface area contributed by atoms with Gasteiger partial charge in [-0.15, -0.1) is 0 Å². The van der Waals surface area contributed by atoms with Crippen LogP contribution in [0.4, 0.5) is 0 Å². The summed E-state index contributed by atoms with van der Waals surface area (Å²) in [5.41, 5.74) is 16.2. The zero-order chi connectivity index (χ0) is 71.3. The number of hydroxylamine groups is 1. The van der Waals surface area contributed by atoms with Crippen LogP contribution in [0.15, 0.2) is 216 Å². The maximum Gasteiger partial charge on any atom is 0.238 e. The molecule has 24 nitrogen and oxygen atoms in total. The lowest BCUT2D eigenvalue weighted by atomic mass is 10.1. The number of nitrogens with one attached hydrogen (secondary N) is 1. The van der Waals surface area contributed by atoms with Gasteiger partial charge in [-0.25, -0.2) is 30.4 Å². The molecule has 0 saturated heterocycles. The molecular formula is C80H82BrN13O11. The third kappa shape index (κ3) is 15.6. The predicted molar refractivity (Wildman–Crippen MR) is 406 cm³/mol. The lowest BCUT2D eigenvalue weighted by Crippen LogP contribution is -2.40. The van der Waals surface area contributed by atoms with Gasteiger partial charge in [-0.3, -0.25) is 9.83 Å². The van der Waals surface area contributed by atoms with Gasteiger partial charge in [-0.05, 0) is 157 Å². The zero-order valence-corrected chi connectivity index (χ0v) is 59.9. The molecule has 3 unspecified atom stereocenters. The molecule has 0 bridgehead atoms. The summed E-state index contributed by atoms with van der Waals surface area (Å²) in [5.74, 6) is 7.11. The first kappa shape index (κ1) is 72.8. The van der Waals surface area contributed by atoms with E-state index in [9.17, 15) is 0 Å². The number of aryl methyl sites for hydroxylation is 5. The van der Waals surface area contributed by atoms with Gasteiger partial charge in [0.15, 0.2) is 17.5 Å². The van der Waals surface area contributed by atoms with Crippen LogP contribution in [-0.2, 0) is 27.6 Å². The van der Waals surface area contributed by atoms with E-state index >= 15 is 0 Å². The number of aliphatic imine (C=N–C) groups is 1. The van der Waals surface area contributed by atoms with Gasteiger partial charge in [0.25, 0.3) is 0 Å². The van der Waals surface area contributed by atoms with Gasteiger partial charge in [0.2, 0.25) is 17.6 Å². The topological polar surface area (TPSA) is 243 Å². The Morgan fingerprint density at radius 1 is 0.467 bits per heavy atom. The van der Waals surface area contributed by atoms with E-state index in [4.69, 9.17) is 61.4 Å². The van der Waals surface area contributed by atoms with Crippen LogP contribution in [0.5, 0.6) is 29.1 Å². The van der Waals surface area contributed by atoms with Crippen molar-refractivity contribution in [3.63, 3.8) is 0 Å². The summed E-state index contributed by atoms with van der Waals surface area (Å²) in [6.07, 6.45) is 7.31. The van der Waals surface area contributed by atoms with Gasteiger partial charge in [0.05, 0.1) is 64.1 Å². The van der Waals surface area contributed by atoms with E-state index in [-0.39, 0.29) is 33.0 Å². The number of nitrogens with zero attached hydrogens (tertiary/aromatic N) is 12. The summed E-state index contributed by atoms with van der Waals surface area (Å²) < 4.78 is 50.6. The van der Waals surface area contributed by atoms with Crippen LogP contribution < -0.4 is 29.2 Å². The highest BCUT2D eigenvalue weighted by Crippen LogP contribution is 2.38. The quantitative estimate of drug-likeness (QED) is 0.0890. The van der Waals surface area contributed by atoms with E-state index in [1.54, 1.807) is 48.2 Å². The van der Waals surface area contributed by atoms with Gasteiger partial charge in [0, 0.05) is 41.6 Å². The van der Waals surface area contributed by atoms with Crippen molar-refractivity contribution in [1.82, 2.24) is 49.3 Å². The van der Waals surface area contributed by atoms with Crippen LogP contribution in [-0.4, -0.2) is 117 Å². The molecule has 3 atom stereocenters. The second kappa shape index (κ2) is 32.1. The highest BCUT2D eigenvalue weighted by atomic mass is 79.9. The van der Waals surface area contributed by atoms with Crippen LogP contribution >= 0.6 is 15.9 Å². The number of imidazole rings is 2. The molecule has 0 amide bonds. The predicted octanol–water partition coefficient (Wildman–Crippen LogP) is 16.4. The molecule has 3 aliphatic heterocycles. The number of ether oxygens (including phenoxy) is 5. The Morgan fingerprint density at radius 2 is 0.886 bits per heavy atom. The van der Waals surface area contributed by atoms with Crippen LogP contribution in [0.1, 0.15) is 107 Å². The molecule has 0 fully saturated rings. The van der Waals surface area contributed by atoms with Crippen LogP contribution in [0.3, 0.4) is 0 Å². The largest absolute Gasteiger partial charge is 0.497 e. The smallest absolute Gasteiger partial charge is 0.238 e. The summed E-state index contributed by atoms with van der Waals surface area (Å²) in [6.45, 7) is 12.2. The van der Waals surface area contributed by atoms with E-state index in [1.807, 2.05) is 177 Å². The number of methoxy groups -OCH3 is 5. The SMILES string of the molecule is C.C.COc1ccc(CN2C(c3ccc(-n4cnc(C)c4)c(OC)n3)=NOCC2c2cc3cccc(C)c3o2)cc1.COc1ccc(CN2C(c3ccc(Br)c(OC)n3)=NOCC2c2cc3cccc(C)c3o2)cc1.COc1nc(C2=NC(c3cc4cccc(C)c4o3)CON2)ccc1-n1cnc(C)c1. The minimum absolute atomic E-state index is 0. The number of hydrogen-bond acceptors (Lipinski definition) is 22. The lowest BCUT2D eigenvalue weighted by Gasteiger charge is -2.35. The van der Waals surface area contributed by atoms with Crippen molar-refractivity contribution in [2.45, 2.75) is 80.7 Å². The normalized spacial score (nSPS) is 15.4. The number of para-hydroxylation sites is 3. The van der Waals surface area contributed by atoms with Gasteiger partial charge < -0.3 is 65.5 Å². The lowest BCUT2D eigenvalue weighted by molar-refractivity contribution is 0.0499. The molecule has 0 radical (unpaired) electrons. The third-order valence-corrected chi connectivity index (χ3v) is 18.4. The maximum absolute atomic E-state index is 6.40. The molecular weight excluding hydrogens is 1400 g/mol. The van der Waals surface area contributed by atoms with Gasteiger partial charge in [-0.1, -0.05) is 104 Å². The van der Waals surface area contributed by atoms with Crippen molar-refractivity contribution in [1.29, 1.82) is 0 Å². The molecule has 1 N–H and O–H groups in total. The minimum Gasteiger partial charge on any atom is -0.497 e. The van der Waals surface area contributed by atoms with Crippen molar-refractivity contribution in [3.05, 3.63) is 261 Å². The molecule has 25 heteroatoms. The number of hydrogen-bond donors (Lipinski definition) is 1. The van der Waals surface area contributed by atoms with Crippen molar-refractivity contribution in [2.75, 3.05) is 55.4 Å². The van der Waals surface area contributed by atoms with Crippen LogP contribution in [0, 0.1) is 34.6 Å². The monoisotopic (exact) mass is 1480 g/mol. The molecule has 5 aromatic carbocycles. The number of fused-ring (bicyclic) bond motifs is 3. The number of aromatic nitrogens is 7. The second-order valence-corrected chi connectivity index (χ2v) is 25.6. The van der Waals surface area contributed by atoms with Crippen molar-refractivity contribution in [2.24, 2.45) is 15.3 Å². The highest BCUT2D eigenvalue weighted by molar-refractivity contribution is 9.10. The molecule has 16 rings (SSSR count). The average molecular weight is 1480 g/mol. The number of furan rings is 3. The molecule has 105 heavy (non-hydrogen) atoms. The zero-order valence-electron chi connectivity index (χ0n) is 58.3. The fourth-order valence-corrected chi connectivity index (χ4v) is 12.9. The van der Waals surface area contributed by atoms with Crippen LogP contribution in [0.25, 0.3) is 44.3 Å². The molecule has 13 aromatic rings. The number of amidine groups is 3. The first-order chi connectivity index (χ1) is 50.2. The number of rotatable bonds is 17.